The highest BCUT2D eigenvalue weighted by Crippen LogP contribution is 2.47. The number of ether oxygens (including phenoxy) is 1. The molecule has 2 heterocycles. The predicted molar refractivity (Wildman–Crippen MR) is 146 cm³/mol. The summed E-state index contributed by atoms with van der Waals surface area (Å²) in [6, 6.07) is 6.26. The fourth-order valence-electron chi connectivity index (χ4n) is 5.84. The molecule has 186 valence electrons. The standard InChI is InChI=1S/C28H36N3O2S2/c1-17-23(16-34-35-18-10-8-7-9-11-18)31(13-12-24(17)33-6)26-29-21-14-19-20(15-22(21)30-26)28(4,5)25(32)27(19,2)3/h12-15,18H,7-11,16H2,1-6H3,(H,29,30)/q+1. The molecule has 3 aromatic rings. The predicted octanol–water partition coefficient (Wildman–Crippen LogP) is 6.51. The third kappa shape index (κ3) is 4.18. The quantitative estimate of drug-likeness (QED) is 0.303. The molecule has 1 N–H and O–H groups in total. The number of carbonyl (C=O) groups is 1. The average molecular weight is 511 g/mol. The highest BCUT2D eigenvalue weighted by Gasteiger charge is 2.50. The van der Waals surface area contributed by atoms with Gasteiger partial charge in [-0.2, -0.15) is 0 Å². The van der Waals surface area contributed by atoms with Crippen molar-refractivity contribution in [3.05, 3.63) is 46.8 Å². The molecule has 1 fully saturated rings. The maximum Gasteiger partial charge on any atom is 0.402 e. The molecule has 5 rings (SSSR count). The molecular formula is C28H36N3O2S2+. The molecule has 1 aromatic carbocycles. The second-order valence-corrected chi connectivity index (χ2v) is 13.7. The van der Waals surface area contributed by atoms with Crippen molar-refractivity contribution in [1.82, 2.24) is 9.97 Å². The fourth-order valence-corrected chi connectivity index (χ4v) is 8.79. The van der Waals surface area contributed by atoms with Gasteiger partial charge in [0, 0.05) is 27.7 Å². The summed E-state index contributed by atoms with van der Waals surface area (Å²) in [6.07, 6.45) is 8.82. The van der Waals surface area contributed by atoms with Gasteiger partial charge < -0.3 is 4.74 Å². The first kappa shape index (κ1) is 24.7. The van der Waals surface area contributed by atoms with Crippen LogP contribution in [-0.4, -0.2) is 28.1 Å². The first-order chi connectivity index (χ1) is 16.6. The second-order valence-electron chi connectivity index (χ2n) is 11.0. The molecule has 0 amide bonds. The molecule has 7 heteroatoms. The number of fused-ring (bicyclic) bond motifs is 2. The Kier molecular flexibility index (Phi) is 6.45. The third-order valence-electron chi connectivity index (χ3n) is 7.96. The summed E-state index contributed by atoms with van der Waals surface area (Å²) >= 11 is 0. The van der Waals surface area contributed by atoms with Crippen LogP contribution in [0.1, 0.15) is 82.2 Å². The lowest BCUT2D eigenvalue weighted by Gasteiger charge is -2.21. The van der Waals surface area contributed by atoms with E-state index in [4.69, 9.17) is 9.72 Å². The van der Waals surface area contributed by atoms with Gasteiger partial charge in [-0.05, 0) is 70.7 Å². The Hall–Kier alpha value is -1.99. The number of nitrogens with one attached hydrogen (secondary N) is 1. The number of nitrogens with zero attached hydrogens (tertiary/aromatic N) is 2. The zero-order chi connectivity index (χ0) is 25.0. The Labute approximate surface area is 216 Å². The molecule has 5 nitrogen and oxygen atoms in total. The Bertz CT molecular complexity index is 1230. The van der Waals surface area contributed by atoms with Crippen LogP contribution in [0.15, 0.2) is 24.4 Å². The van der Waals surface area contributed by atoms with Crippen LogP contribution < -0.4 is 9.30 Å². The van der Waals surface area contributed by atoms with Crippen molar-refractivity contribution in [3.63, 3.8) is 0 Å². The van der Waals surface area contributed by atoms with Gasteiger partial charge in [-0.25, -0.2) is 9.55 Å². The van der Waals surface area contributed by atoms with Crippen molar-refractivity contribution in [2.24, 2.45) is 0 Å². The van der Waals surface area contributed by atoms with E-state index < -0.39 is 10.8 Å². The van der Waals surface area contributed by atoms with Crippen LogP contribution in [0.2, 0.25) is 0 Å². The molecular weight excluding hydrogens is 474 g/mol. The molecule has 0 aliphatic heterocycles. The van der Waals surface area contributed by atoms with Crippen LogP contribution in [0.5, 0.6) is 5.75 Å². The zero-order valence-electron chi connectivity index (χ0n) is 21.7. The minimum Gasteiger partial charge on any atom is -0.496 e. The number of hydrogen-bond acceptors (Lipinski definition) is 5. The summed E-state index contributed by atoms with van der Waals surface area (Å²) in [6.45, 7) is 10.3. The van der Waals surface area contributed by atoms with Crippen molar-refractivity contribution in [3.8, 4) is 11.7 Å². The van der Waals surface area contributed by atoms with E-state index >= 15 is 0 Å². The van der Waals surface area contributed by atoms with Gasteiger partial charge in [-0.1, -0.05) is 45.8 Å². The van der Waals surface area contributed by atoms with Crippen LogP contribution >= 0.6 is 21.6 Å². The highest BCUT2D eigenvalue weighted by atomic mass is 33.1. The maximum absolute atomic E-state index is 13.1. The number of hydrogen-bond donors (Lipinski definition) is 1. The lowest BCUT2D eigenvalue weighted by molar-refractivity contribution is -0.610. The average Bonchev–Trinajstić information content (AvgIpc) is 3.31. The van der Waals surface area contributed by atoms with E-state index in [9.17, 15) is 4.79 Å². The molecule has 0 spiro atoms. The molecule has 2 aliphatic carbocycles. The van der Waals surface area contributed by atoms with Crippen molar-refractivity contribution in [2.75, 3.05) is 7.11 Å². The van der Waals surface area contributed by atoms with Gasteiger partial charge >= 0.3 is 5.95 Å². The van der Waals surface area contributed by atoms with E-state index in [0.29, 0.717) is 0 Å². The highest BCUT2D eigenvalue weighted by molar-refractivity contribution is 8.76. The number of rotatable bonds is 6. The molecule has 1 saturated carbocycles. The van der Waals surface area contributed by atoms with Crippen LogP contribution in [0.4, 0.5) is 0 Å². The summed E-state index contributed by atoms with van der Waals surface area (Å²) in [5.74, 6) is 2.85. The van der Waals surface area contributed by atoms with E-state index in [0.717, 1.165) is 50.4 Å². The summed E-state index contributed by atoms with van der Waals surface area (Å²) < 4.78 is 7.81. The van der Waals surface area contributed by atoms with Crippen LogP contribution in [0.3, 0.4) is 0 Å². The van der Waals surface area contributed by atoms with Gasteiger partial charge in [0.2, 0.25) is 0 Å². The number of carbonyl (C=O) groups excluding carboxylic acids is 1. The maximum atomic E-state index is 13.1. The Morgan fingerprint density at radius 1 is 1.11 bits per heavy atom. The topological polar surface area (TPSA) is 58.9 Å². The lowest BCUT2D eigenvalue weighted by Crippen LogP contribution is -2.37. The number of H-pyrrole nitrogens is 1. The normalized spacial score (nSPS) is 19.3. The Balaban J connectivity index is 1.52. The summed E-state index contributed by atoms with van der Waals surface area (Å²) in [4.78, 5) is 21.6. The zero-order valence-corrected chi connectivity index (χ0v) is 23.3. The molecule has 0 atom stereocenters. The van der Waals surface area contributed by atoms with Gasteiger partial charge in [0.1, 0.15) is 17.0 Å². The van der Waals surface area contributed by atoms with Crippen molar-refractivity contribution in [1.29, 1.82) is 0 Å². The number of pyridine rings is 1. The van der Waals surface area contributed by atoms with Crippen LogP contribution in [0.25, 0.3) is 17.0 Å². The smallest absolute Gasteiger partial charge is 0.402 e. The van der Waals surface area contributed by atoms with Gasteiger partial charge in [0.25, 0.3) is 0 Å². The summed E-state index contributed by atoms with van der Waals surface area (Å²) in [5.41, 5.74) is 5.39. The minimum atomic E-state index is -0.506. The molecule has 0 unspecified atom stereocenters. The molecule has 2 aliphatic rings. The van der Waals surface area contributed by atoms with Gasteiger partial charge in [-0.3, -0.25) is 4.79 Å². The third-order valence-corrected chi connectivity index (χ3v) is 10.8. The molecule has 35 heavy (non-hydrogen) atoms. The van der Waals surface area contributed by atoms with Crippen molar-refractivity contribution in [2.45, 2.75) is 88.6 Å². The minimum absolute atomic E-state index is 0.266. The van der Waals surface area contributed by atoms with E-state index in [1.165, 1.54) is 37.8 Å². The summed E-state index contributed by atoms with van der Waals surface area (Å²) in [7, 11) is 5.71. The number of methoxy groups -OCH3 is 1. The van der Waals surface area contributed by atoms with E-state index in [-0.39, 0.29) is 5.78 Å². The Morgan fingerprint density at radius 3 is 2.49 bits per heavy atom. The molecule has 0 radical (unpaired) electrons. The van der Waals surface area contributed by atoms with Gasteiger partial charge in [0.15, 0.2) is 11.3 Å². The van der Waals surface area contributed by atoms with Crippen LogP contribution in [-0.2, 0) is 21.4 Å². The second kappa shape index (κ2) is 9.15. The van der Waals surface area contributed by atoms with Crippen molar-refractivity contribution < 1.29 is 14.1 Å². The largest absolute Gasteiger partial charge is 0.496 e. The first-order valence-electron chi connectivity index (χ1n) is 12.6. The number of aromatic nitrogens is 3. The number of ketones is 1. The summed E-state index contributed by atoms with van der Waals surface area (Å²) in [5, 5.41) is 0.760. The molecule has 0 saturated heterocycles. The van der Waals surface area contributed by atoms with E-state index in [1.807, 2.05) is 55.3 Å². The van der Waals surface area contributed by atoms with Crippen molar-refractivity contribution >= 4 is 38.4 Å². The number of aromatic amines is 1. The SMILES string of the molecule is COc1cc[n+](-c2nc3cc4c(cc3[nH]2)C(C)(C)C(=O)C4(C)C)c(CSSC2CCCCC2)c1C. The van der Waals surface area contributed by atoms with Gasteiger partial charge in [0.05, 0.1) is 19.1 Å². The van der Waals surface area contributed by atoms with E-state index in [1.54, 1.807) is 7.11 Å². The van der Waals surface area contributed by atoms with E-state index in [2.05, 4.69) is 34.8 Å². The number of benzene rings is 1. The van der Waals surface area contributed by atoms with Crippen LogP contribution in [0, 0.1) is 6.92 Å². The lowest BCUT2D eigenvalue weighted by atomic mass is 9.80. The van der Waals surface area contributed by atoms with Gasteiger partial charge in [-0.15, -0.1) is 0 Å². The molecule has 0 bridgehead atoms. The first-order valence-corrected chi connectivity index (χ1v) is 15.0. The molecule has 2 aromatic heterocycles. The number of Topliss-reactive ketones (excluding diaryl/α,β-unsaturated/α-hetero) is 1. The fraction of sp³-hybridized carbons (Fsp3) is 0.536. The Morgan fingerprint density at radius 2 is 1.80 bits per heavy atom. The number of imidazole rings is 1. The monoisotopic (exact) mass is 510 g/mol.